The van der Waals surface area contributed by atoms with E-state index in [9.17, 15) is 26.7 Å². The van der Waals surface area contributed by atoms with Gasteiger partial charge in [0, 0.05) is 0 Å². The van der Waals surface area contributed by atoms with E-state index in [2.05, 4.69) is 4.74 Å². The molecule has 0 heterocycles. The van der Waals surface area contributed by atoms with Crippen LogP contribution in [-0.4, -0.2) is 24.7 Å². The molecule has 7 heteroatoms. The van der Waals surface area contributed by atoms with Crippen LogP contribution in [0.25, 0.3) is 0 Å². The molecule has 1 atom stereocenters. The summed E-state index contributed by atoms with van der Waals surface area (Å²) in [5.41, 5.74) is -0.635. The zero-order chi connectivity index (χ0) is 13.9. The number of alkyl halides is 3. The molecule has 18 heavy (non-hydrogen) atoms. The molecule has 0 bridgehead atoms. The number of carbonyl (C=O) groups excluding carboxylic acids is 1. The molecule has 1 aromatic rings. The highest BCUT2D eigenvalue weighted by atomic mass is 19.4. The Hall–Kier alpha value is -1.50. The summed E-state index contributed by atoms with van der Waals surface area (Å²) in [6.07, 6.45) is -6.76. The van der Waals surface area contributed by atoms with Gasteiger partial charge in [0.05, 0.1) is 5.56 Å². The van der Waals surface area contributed by atoms with Crippen molar-refractivity contribution in [2.45, 2.75) is 19.2 Å². The van der Waals surface area contributed by atoms with E-state index in [1.54, 1.807) is 0 Å². The first-order chi connectivity index (χ1) is 8.21. The molecule has 0 saturated carbocycles. The molecule has 2 nitrogen and oxygen atoms in total. The standard InChI is InChI=1S/C11H9F5O2/c1-6(11(14,15)16)18-5-10(17)8-4-7(12)2-3-9(8)13/h2-4,6H,5H2,1H3. The van der Waals surface area contributed by atoms with Gasteiger partial charge < -0.3 is 4.74 Å². The van der Waals surface area contributed by atoms with Gasteiger partial charge in [-0.25, -0.2) is 8.78 Å². The SMILES string of the molecule is CC(OCC(=O)c1cc(F)ccc1F)C(F)(F)F. The fourth-order valence-corrected chi connectivity index (χ4v) is 1.08. The number of Topliss-reactive ketones (excluding diaryl/α,β-unsaturated/α-hetero) is 1. The molecule has 0 aliphatic heterocycles. The minimum atomic E-state index is -4.61. The van der Waals surface area contributed by atoms with E-state index >= 15 is 0 Å². The molecule has 0 aliphatic rings. The summed E-state index contributed by atoms with van der Waals surface area (Å²) in [5.74, 6) is -2.92. The second-order valence-electron chi connectivity index (χ2n) is 3.54. The number of ketones is 1. The Morgan fingerprint density at radius 2 is 1.94 bits per heavy atom. The molecule has 0 amide bonds. The highest BCUT2D eigenvalue weighted by Gasteiger charge is 2.37. The largest absolute Gasteiger partial charge is 0.414 e. The third kappa shape index (κ3) is 3.76. The Bertz CT molecular complexity index is 442. The molecular weight excluding hydrogens is 259 g/mol. The van der Waals surface area contributed by atoms with Crippen LogP contribution in [0.15, 0.2) is 18.2 Å². The first-order valence-corrected chi connectivity index (χ1v) is 4.88. The second kappa shape index (κ2) is 5.43. The topological polar surface area (TPSA) is 26.3 Å². The molecule has 1 rings (SSSR count). The summed E-state index contributed by atoms with van der Waals surface area (Å²) >= 11 is 0. The van der Waals surface area contributed by atoms with E-state index in [-0.39, 0.29) is 0 Å². The smallest absolute Gasteiger partial charge is 0.361 e. The Morgan fingerprint density at radius 3 is 2.50 bits per heavy atom. The highest BCUT2D eigenvalue weighted by Crippen LogP contribution is 2.22. The molecule has 0 saturated heterocycles. The second-order valence-corrected chi connectivity index (χ2v) is 3.54. The van der Waals surface area contributed by atoms with Crippen molar-refractivity contribution in [2.24, 2.45) is 0 Å². The molecule has 0 fully saturated rings. The summed E-state index contributed by atoms with van der Waals surface area (Å²) < 4.78 is 66.3. The van der Waals surface area contributed by atoms with E-state index in [1.807, 2.05) is 0 Å². The third-order valence-electron chi connectivity index (χ3n) is 2.15. The molecular formula is C11H9F5O2. The lowest BCUT2D eigenvalue weighted by atomic mass is 10.1. The normalized spacial score (nSPS) is 13.4. The van der Waals surface area contributed by atoms with Crippen LogP contribution in [0, 0.1) is 11.6 Å². The molecule has 100 valence electrons. The van der Waals surface area contributed by atoms with Gasteiger partial charge in [-0.05, 0) is 25.1 Å². The first-order valence-electron chi connectivity index (χ1n) is 4.88. The van der Waals surface area contributed by atoms with Crippen molar-refractivity contribution in [1.82, 2.24) is 0 Å². The molecule has 0 aliphatic carbocycles. The van der Waals surface area contributed by atoms with Crippen molar-refractivity contribution >= 4 is 5.78 Å². The lowest BCUT2D eigenvalue weighted by molar-refractivity contribution is -0.210. The minimum absolute atomic E-state index is 0.610. The number of ether oxygens (including phenoxy) is 1. The van der Waals surface area contributed by atoms with Gasteiger partial charge >= 0.3 is 6.18 Å². The monoisotopic (exact) mass is 268 g/mol. The van der Waals surface area contributed by atoms with Crippen LogP contribution in [0.3, 0.4) is 0 Å². The number of halogens is 5. The van der Waals surface area contributed by atoms with Crippen LogP contribution in [0.1, 0.15) is 17.3 Å². The van der Waals surface area contributed by atoms with E-state index in [0.29, 0.717) is 6.07 Å². The number of benzene rings is 1. The molecule has 0 aromatic heterocycles. The van der Waals surface area contributed by atoms with Crippen molar-refractivity contribution in [2.75, 3.05) is 6.61 Å². The van der Waals surface area contributed by atoms with Gasteiger partial charge in [-0.15, -0.1) is 0 Å². The minimum Gasteiger partial charge on any atom is -0.361 e. The van der Waals surface area contributed by atoms with E-state index in [1.165, 1.54) is 0 Å². The lowest BCUT2D eigenvalue weighted by Crippen LogP contribution is -2.30. The predicted molar refractivity (Wildman–Crippen MR) is 52.2 cm³/mol. The average molecular weight is 268 g/mol. The Kier molecular flexibility index (Phi) is 4.39. The molecule has 0 N–H and O–H groups in total. The first kappa shape index (κ1) is 14.6. The van der Waals surface area contributed by atoms with Gasteiger partial charge in [0.25, 0.3) is 0 Å². The van der Waals surface area contributed by atoms with Crippen LogP contribution in [0.2, 0.25) is 0 Å². The van der Waals surface area contributed by atoms with E-state index < -0.39 is 41.9 Å². The maximum Gasteiger partial charge on any atom is 0.414 e. The number of hydrogen-bond donors (Lipinski definition) is 0. The average Bonchev–Trinajstić information content (AvgIpc) is 2.27. The summed E-state index contributed by atoms with van der Waals surface area (Å²) in [4.78, 5) is 11.4. The quantitative estimate of drug-likeness (QED) is 0.619. The van der Waals surface area contributed by atoms with E-state index in [0.717, 1.165) is 19.1 Å². The summed E-state index contributed by atoms with van der Waals surface area (Å²) in [6.45, 7) is -0.254. The van der Waals surface area contributed by atoms with Crippen molar-refractivity contribution in [3.8, 4) is 0 Å². The highest BCUT2D eigenvalue weighted by molar-refractivity contribution is 5.97. The van der Waals surface area contributed by atoms with Crippen molar-refractivity contribution < 1.29 is 31.5 Å². The van der Waals surface area contributed by atoms with Crippen LogP contribution in [0.4, 0.5) is 22.0 Å². The fraction of sp³-hybridized carbons (Fsp3) is 0.364. The van der Waals surface area contributed by atoms with Crippen LogP contribution < -0.4 is 0 Å². The van der Waals surface area contributed by atoms with Gasteiger partial charge in [0.1, 0.15) is 18.2 Å². The van der Waals surface area contributed by atoms with E-state index in [4.69, 9.17) is 0 Å². The summed E-state index contributed by atoms with van der Waals surface area (Å²) in [5, 5.41) is 0. The fourth-order valence-electron chi connectivity index (χ4n) is 1.08. The maximum absolute atomic E-state index is 13.1. The Balaban J connectivity index is 2.69. The zero-order valence-electron chi connectivity index (χ0n) is 9.22. The number of hydrogen-bond acceptors (Lipinski definition) is 2. The Morgan fingerprint density at radius 1 is 1.33 bits per heavy atom. The van der Waals surface area contributed by atoms with Gasteiger partial charge in [-0.1, -0.05) is 0 Å². The van der Waals surface area contributed by atoms with Gasteiger partial charge in [-0.2, -0.15) is 13.2 Å². The Labute approximate surface area is 99.4 Å². The van der Waals surface area contributed by atoms with Crippen molar-refractivity contribution in [1.29, 1.82) is 0 Å². The van der Waals surface area contributed by atoms with Crippen molar-refractivity contribution in [3.63, 3.8) is 0 Å². The van der Waals surface area contributed by atoms with Crippen LogP contribution >= 0.6 is 0 Å². The lowest BCUT2D eigenvalue weighted by Gasteiger charge is -2.15. The molecule has 0 radical (unpaired) electrons. The predicted octanol–water partition coefficient (Wildman–Crippen LogP) is 3.11. The number of rotatable bonds is 4. The van der Waals surface area contributed by atoms with Crippen molar-refractivity contribution in [3.05, 3.63) is 35.4 Å². The molecule has 0 spiro atoms. The molecule has 1 aromatic carbocycles. The molecule has 1 unspecified atom stereocenters. The summed E-state index contributed by atoms with van der Waals surface area (Å²) in [6, 6.07) is 2.13. The summed E-state index contributed by atoms with van der Waals surface area (Å²) in [7, 11) is 0. The maximum atomic E-state index is 13.1. The van der Waals surface area contributed by atoms with Gasteiger partial charge in [0.2, 0.25) is 0 Å². The van der Waals surface area contributed by atoms with Gasteiger partial charge in [-0.3, -0.25) is 4.79 Å². The van der Waals surface area contributed by atoms with Crippen LogP contribution in [-0.2, 0) is 4.74 Å². The van der Waals surface area contributed by atoms with Crippen LogP contribution in [0.5, 0.6) is 0 Å². The van der Waals surface area contributed by atoms with Gasteiger partial charge in [0.15, 0.2) is 11.9 Å². The number of carbonyl (C=O) groups is 1. The third-order valence-corrected chi connectivity index (χ3v) is 2.15. The zero-order valence-corrected chi connectivity index (χ0v) is 9.22.